The molecule has 0 aromatic carbocycles. The van der Waals surface area contributed by atoms with Crippen LogP contribution in [0, 0.1) is 5.41 Å². The van der Waals surface area contributed by atoms with E-state index in [2.05, 4.69) is 0 Å². The van der Waals surface area contributed by atoms with E-state index >= 15 is 0 Å². The van der Waals surface area contributed by atoms with Gasteiger partial charge in [-0.1, -0.05) is 19.3 Å². The van der Waals surface area contributed by atoms with Crippen molar-refractivity contribution < 1.29 is 28.5 Å². The highest BCUT2D eigenvalue weighted by Gasteiger charge is 2.50. The molecule has 0 aliphatic heterocycles. The van der Waals surface area contributed by atoms with Crippen LogP contribution in [-0.2, 0) is 28.5 Å². The van der Waals surface area contributed by atoms with Gasteiger partial charge in [-0.15, -0.1) is 0 Å². The predicted molar refractivity (Wildman–Crippen MR) is 89.1 cm³/mol. The molecule has 0 aromatic rings. The second kappa shape index (κ2) is 9.37. The summed E-state index contributed by atoms with van der Waals surface area (Å²) in [5.41, 5.74) is -1.25. The number of hydrogen-bond donors (Lipinski definition) is 0. The van der Waals surface area contributed by atoms with Crippen LogP contribution >= 0.6 is 0 Å². The van der Waals surface area contributed by atoms with Gasteiger partial charge in [-0.3, -0.25) is 9.59 Å². The van der Waals surface area contributed by atoms with Gasteiger partial charge in [0.2, 0.25) is 0 Å². The Hall–Kier alpha value is -1.14. The van der Waals surface area contributed by atoms with Gasteiger partial charge in [0, 0.05) is 0 Å². The molecule has 0 N–H and O–H groups in total. The first-order valence-electron chi connectivity index (χ1n) is 8.90. The van der Waals surface area contributed by atoms with Crippen molar-refractivity contribution in [2.75, 3.05) is 0 Å². The van der Waals surface area contributed by atoms with Gasteiger partial charge < -0.3 is 18.9 Å². The van der Waals surface area contributed by atoms with E-state index in [-0.39, 0.29) is 12.2 Å². The van der Waals surface area contributed by atoms with Crippen molar-refractivity contribution in [3.8, 4) is 0 Å². The average molecular weight is 344 g/mol. The summed E-state index contributed by atoms with van der Waals surface area (Å²) in [6.07, 6.45) is 1.93. The molecular weight excluding hydrogens is 312 g/mol. The van der Waals surface area contributed by atoms with Gasteiger partial charge in [0.05, 0.1) is 12.2 Å². The summed E-state index contributed by atoms with van der Waals surface area (Å²) >= 11 is 0. The minimum atomic E-state index is -1.25. The van der Waals surface area contributed by atoms with Crippen molar-refractivity contribution in [3.05, 3.63) is 0 Å². The lowest BCUT2D eigenvalue weighted by molar-refractivity contribution is -0.211. The van der Waals surface area contributed by atoms with Gasteiger partial charge in [0.15, 0.2) is 18.0 Å². The maximum absolute atomic E-state index is 12.7. The van der Waals surface area contributed by atoms with Crippen LogP contribution in [0.4, 0.5) is 0 Å². The standard InChI is InChI=1S/C18H32O6/c1-12(2)21-14(5)23-16(19)18(10-8-7-9-11-18)17(20)24-15(6)22-13(3)4/h12-15H,7-11H2,1-6H3. The number of carbonyl (C=O) groups excluding carboxylic acids is 2. The van der Waals surface area contributed by atoms with E-state index in [1.165, 1.54) is 0 Å². The van der Waals surface area contributed by atoms with E-state index in [4.69, 9.17) is 18.9 Å². The number of ether oxygens (including phenoxy) is 4. The molecule has 2 atom stereocenters. The van der Waals surface area contributed by atoms with E-state index in [9.17, 15) is 9.59 Å². The third-order valence-electron chi connectivity index (χ3n) is 3.96. The largest absolute Gasteiger partial charge is 0.435 e. The van der Waals surface area contributed by atoms with E-state index in [1.807, 2.05) is 27.7 Å². The van der Waals surface area contributed by atoms with Crippen LogP contribution < -0.4 is 0 Å². The van der Waals surface area contributed by atoms with Gasteiger partial charge in [-0.25, -0.2) is 0 Å². The van der Waals surface area contributed by atoms with E-state index < -0.39 is 29.9 Å². The Kier molecular flexibility index (Phi) is 8.16. The quantitative estimate of drug-likeness (QED) is 0.381. The Morgan fingerprint density at radius 3 is 1.42 bits per heavy atom. The summed E-state index contributed by atoms with van der Waals surface area (Å²) in [7, 11) is 0. The van der Waals surface area contributed by atoms with Crippen molar-refractivity contribution in [1.29, 1.82) is 0 Å². The summed E-state index contributed by atoms with van der Waals surface area (Å²) in [4.78, 5) is 25.4. The average Bonchev–Trinajstić information content (AvgIpc) is 2.45. The maximum Gasteiger partial charge on any atom is 0.325 e. The first-order valence-corrected chi connectivity index (χ1v) is 8.90. The van der Waals surface area contributed by atoms with Crippen LogP contribution in [0.3, 0.4) is 0 Å². The second-order valence-electron chi connectivity index (χ2n) is 6.96. The summed E-state index contributed by atoms with van der Waals surface area (Å²) in [6.45, 7) is 10.8. The minimum absolute atomic E-state index is 0.0680. The maximum atomic E-state index is 12.7. The molecule has 0 saturated heterocycles. The zero-order valence-corrected chi connectivity index (χ0v) is 15.8. The van der Waals surface area contributed by atoms with Gasteiger partial charge in [0.1, 0.15) is 0 Å². The molecule has 1 saturated carbocycles. The molecule has 2 unspecified atom stereocenters. The van der Waals surface area contributed by atoms with E-state index in [0.29, 0.717) is 12.8 Å². The number of rotatable bonds is 8. The monoisotopic (exact) mass is 344 g/mol. The lowest BCUT2D eigenvalue weighted by Gasteiger charge is -2.34. The molecule has 0 spiro atoms. The Bertz CT molecular complexity index is 380. The van der Waals surface area contributed by atoms with Crippen LogP contribution in [0.5, 0.6) is 0 Å². The molecule has 0 amide bonds. The molecule has 0 radical (unpaired) electrons. The lowest BCUT2D eigenvalue weighted by atomic mass is 9.74. The van der Waals surface area contributed by atoms with Crippen molar-refractivity contribution in [2.45, 2.75) is 98.4 Å². The second-order valence-corrected chi connectivity index (χ2v) is 6.96. The van der Waals surface area contributed by atoms with Gasteiger partial charge in [-0.2, -0.15) is 0 Å². The molecule has 140 valence electrons. The molecule has 1 rings (SSSR count). The summed E-state index contributed by atoms with van der Waals surface area (Å²) < 4.78 is 21.7. The summed E-state index contributed by atoms with van der Waals surface area (Å²) in [5.74, 6) is -1.12. The third kappa shape index (κ3) is 6.06. The van der Waals surface area contributed by atoms with Crippen LogP contribution in [0.25, 0.3) is 0 Å². The Morgan fingerprint density at radius 1 is 0.708 bits per heavy atom. The van der Waals surface area contributed by atoms with Crippen molar-refractivity contribution in [3.63, 3.8) is 0 Å². The molecule has 1 fully saturated rings. The number of hydrogen-bond acceptors (Lipinski definition) is 6. The van der Waals surface area contributed by atoms with Crippen LogP contribution in [0.1, 0.15) is 73.6 Å². The predicted octanol–water partition coefficient (Wildman–Crippen LogP) is 3.57. The first kappa shape index (κ1) is 20.9. The van der Waals surface area contributed by atoms with Crippen LogP contribution in [0.2, 0.25) is 0 Å². The van der Waals surface area contributed by atoms with Gasteiger partial charge in [-0.05, 0) is 54.4 Å². The van der Waals surface area contributed by atoms with Crippen molar-refractivity contribution >= 4 is 11.9 Å². The third-order valence-corrected chi connectivity index (χ3v) is 3.96. The first-order chi connectivity index (χ1) is 11.2. The normalized spacial score (nSPS) is 19.8. The highest BCUT2D eigenvalue weighted by Crippen LogP contribution is 2.39. The molecule has 1 aliphatic carbocycles. The molecule has 1 aliphatic rings. The topological polar surface area (TPSA) is 71.1 Å². The highest BCUT2D eigenvalue weighted by molar-refractivity contribution is 6.00. The Morgan fingerprint density at radius 2 is 1.08 bits per heavy atom. The molecule has 6 heteroatoms. The lowest BCUT2D eigenvalue weighted by Crippen LogP contribution is -2.46. The Balaban J connectivity index is 2.81. The minimum Gasteiger partial charge on any atom is -0.435 e. The molecule has 0 aromatic heterocycles. The summed E-state index contributed by atoms with van der Waals surface area (Å²) in [5, 5.41) is 0. The molecular formula is C18H32O6. The molecule has 0 bridgehead atoms. The van der Waals surface area contributed by atoms with Crippen molar-refractivity contribution in [2.24, 2.45) is 5.41 Å². The van der Waals surface area contributed by atoms with Crippen LogP contribution in [-0.4, -0.2) is 36.7 Å². The number of carbonyl (C=O) groups is 2. The SMILES string of the molecule is CC(C)OC(C)OC(=O)C1(C(=O)OC(C)OC(C)C)CCCCC1. The summed E-state index contributed by atoms with van der Waals surface area (Å²) in [6, 6.07) is 0. The van der Waals surface area contributed by atoms with Gasteiger partial charge >= 0.3 is 11.9 Å². The smallest absolute Gasteiger partial charge is 0.325 e. The zero-order chi connectivity index (χ0) is 18.3. The van der Waals surface area contributed by atoms with Gasteiger partial charge in [0.25, 0.3) is 0 Å². The molecule has 0 heterocycles. The van der Waals surface area contributed by atoms with E-state index in [0.717, 1.165) is 19.3 Å². The van der Waals surface area contributed by atoms with E-state index in [1.54, 1.807) is 13.8 Å². The fraction of sp³-hybridized carbons (Fsp3) is 0.889. The van der Waals surface area contributed by atoms with Crippen LogP contribution in [0.15, 0.2) is 0 Å². The fourth-order valence-corrected chi connectivity index (χ4v) is 3.00. The Labute approximate surface area is 145 Å². The molecule has 6 nitrogen and oxygen atoms in total. The zero-order valence-electron chi connectivity index (χ0n) is 15.8. The highest BCUT2D eigenvalue weighted by atomic mass is 16.7. The fourth-order valence-electron chi connectivity index (χ4n) is 3.00. The molecule has 24 heavy (non-hydrogen) atoms. The number of esters is 2. The van der Waals surface area contributed by atoms with Crippen molar-refractivity contribution in [1.82, 2.24) is 0 Å².